The molecule has 2 aromatic heterocycles. The molecular formula is C18H17N3O4. The molecule has 0 saturated carbocycles. The number of hydrogen-bond donors (Lipinski definition) is 1. The van der Waals surface area contributed by atoms with E-state index in [1.54, 1.807) is 50.0 Å². The summed E-state index contributed by atoms with van der Waals surface area (Å²) in [5.74, 6) is 1.41. The van der Waals surface area contributed by atoms with Gasteiger partial charge in [0.25, 0.3) is 5.91 Å². The second-order valence-corrected chi connectivity index (χ2v) is 5.05. The van der Waals surface area contributed by atoms with E-state index in [0.29, 0.717) is 28.6 Å². The van der Waals surface area contributed by atoms with Gasteiger partial charge in [-0.2, -0.15) is 0 Å². The molecule has 3 rings (SSSR count). The van der Waals surface area contributed by atoms with Crippen molar-refractivity contribution < 1.29 is 18.7 Å². The number of benzene rings is 1. The number of nitrogens with zero attached hydrogens (tertiary/aromatic N) is 2. The molecule has 0 aliphatic carbocycles. The average Bonchev–Trinajstić information content (AvgIpc) is 3.19. The number of amides is 1. The molecule has 0 bridgehead atoms. The van der Waals surface area contributed by atoms with E-state index in [9.17, 15) is 4.79 Å². The van der Waals surface area contributed by atoms with E-state index in [-0.39, 0.29) is 19.1 Å². The maximum Gasteiger partial charge on any atom is 0.258 e. The van der Waals surface area contributed by atoms with Crippen molar-refractivity contribution in [3.63, 3.8) is 0 Å². The van der Waals surface area contributed by atoms with Gasteiger partial charge in [0, 0.05) is 12.4 Å². The molecule has 25 heavy (non-hydrogen) atoms. The third-order valence-electron chi connectivity index (χ3n) is 3.41. The van der Waals surface area contributed by atoms with Crippen molar-refractivity contribution in [3.8, 4) is 23.0 Å². The van der Waals surface area contributed by atoms with Gasteiger partial charge in [-0.15, -0.1) is 0 Å². The molecule has 0 aliphatic rings. The van der Waals surface area contributed by atoms with Gasteiger partial charge in [0.2, 0.25) is 0 Å². The van der Waals surface area contributed by atoms with Crippen LogP contribution in [0.5, 0.6) is 11.5 Å². The summed E-state index contributed by atoms with van der Waals surface area (Å²) in [7, 11) is 1.55. The molecular weight excluding hydrogens is 322 g/mol. The van der Waals surface area contributed by atoms with E-state index in [1.807, 2.05) is 12.1 Å². The van der Waals surface area contributed by atoms with Gasteiger partial charge in [-0.05, 0) is 24.3 Å². The van der Waals surface area contributed by atoms with Crippen molar-refractivity contribution in [2.24, 2.45) is 0 Å². The number of para-hydroxylation sites is 2. The summed E-state index contributed by atoms with van der Waals surface area (Å²) in [6, 6.07) is 10.7. The summed E-state index contributed by atoms with van der Waals surface area (Å²) >= 11 is 0. The van der Waals surface area contributed by atoms with Crippen LogP contribution < -0.4 is 14.8 Å². The second kappa shape index (κ2) is 7.96. The van der Waals surface area contributed by atoms with Crippen LogP contribution in [0.3, 0.4) is 0 Å². The van der Waals surface area contributed by atoms with Gasteiger partial charge in [0.1, 0.15) is 5.69 Å². The summed E-state index contributed by atoms with van der Waals surface area (Å²) < 4.78 is 16.0. The molecule has 7 nitrogen and oxygen atoms in total. The Balaban J connectivity index is 1.58. The van der Waals surface area contributed by atoms with Crippen molar-refractivity contribution in [1.29, 1.82) is 0 Å². The van der Waals surface area contributed by atoms with Crippen LogP contribution in [0.15, 0.2) is 59.5 Å². The maximum absolute atomic E-state index is 12.0. The zero-order valence-corrected chi connectivity index (χ0v) is 13.6. The number of aromatic nitrogens is 2. The molecule has 0 unspecified atom stereocenters. The number of nitrogens with one attached hydrogen (secondary N) is 1. The topological polar surface area (TPSA) is 86.5 Å². The van der Waals surface area contributed by atoms with Gasteiger partial charge < -0.3 is 19.2 Å². The minimum Gasteiger partial charge on any atom is -0.493 e. The normalized spacial score (nSPS) is 10.3. The first kappa shape index (κ1) is 16.5. The zero-order chi connectivity index (χ0) is 17.5. The molecule has 0 saturated heterocycles. The summed E-state index contributed by atoms with van der Waals surface area (Å²) in [5.41, 5.74) is 1.21. The van der Waals surface area contributed by atoms with Crippen LogP contribution >= 0.6 is 0 Å². The molecule has 0 aliphatic heterocycles. The third-order valence-corrected chi connectivity index (χ3v) is 3.41. The lowest BCUT2D eigenvalue weighted by Crippen LogP contribution is -2.29. The number of methoxy groups -OCH3 is 1. The monoisotopic (exact) mass is 339 g/mol. The van der Waals surface area contributed by atoms with Crippen molar-refractivity contribution in [2.75, 3.05) is 13.7 Å². The highest BCUT2D eigenvalue weighted by molar-refractivity contribution is 5.77. The van der Waals surface area contributed by atoms with Gasteiger partial charge in [-0.1, -0.05) is 12.1 Å². The first-order valence-corrected chi connectivity index (χ1v) is 7.64. The van der Waals surface area contributed by atoms with Crippen molar-refractivity contribution in [3.05, 3.63) is 60.7 Å². The summed E-state index contributed by atoms with van der Waals surface area (Å²) in [5, 5.41) is 2.76. The number of furan rings is 1. The largest absolute Gasteiger partial charge is 0.493 e. The lowest BCUT2D eigenvalue weighted by Gasteiger charge is -2.11. The fraction of sp³-hybridized carbons (Fsp3) is 0.167. The van der Waals surface area contributed by atoms with E-state index in [1.165, 1.54) is 0 Å². The van der Waals surface area contributed by atoms with Crippen LogP contribution in [0.2, 0.25) is 0 Å². The molecule has 7 heteroatoms. The van der Waals surface area contributed by atoms with Crippen LogP contribution in [-0.2, 0) is 11.3 Å². The molecule has 0 radical (unpaired) electrons. The third kappa shape index (κ3) is 4.14. The fourth-order valence-corrected chi connectivity index (χ4v) is 2.23. The van der Waals surface area contributed by atoms with Gasteiger partial charge in [0.05, 0.1) is 25.6 Å². The highest BCUT2D eigenvalue weighted by Gasteiger charge is 2.12. The number of carbonyl (C=O) groups excluding carboxylic acids is 1. The molecule has 3 aromatic rings. The van der Waals surface area contributed by atoms with Crippen molar-refractivity contribution in [1.82, 2.24) is 15.3 Å². The molecule has 0 atom stereocenters. The summed E-state index contributed by atoms with van der Waals surface area (Å²) in [6.45, 7) is 0.0920. The Morgan fingerprint density at radius 1 is 1.12 bits per heavy atom. The SMILES string of the molecule is COc1ccccc1OCC(=O)NCc1nccnc1-c1ccco1. The van der Waals surface area contributed by atoms with Crippen molar-refractivity contribution >= 4 is 5.91 Å². The average molecular weight is 339 g/mol. The fourth-order valence-electron chi connectivity index (χ4n) is 2.23. The molecule has 2 heterocycles. The van der Waals surface area contributed by atoms with Crippen LogP contribution in [0.1, 0.15) is 5.69 Å². The quantitative estimate of drug-likeness (QED) is 0.711. The second-order valence-electron chi connectivity index (χ2n) is 5.05. The Morgan fingerprint density at radius 2 is 1.92 bits per heavy atom. The number of carbonyl (C=O) groups is 1. The van der Waals surface area contributed by atoms with Crippen molar-refractivity contribution in [2.45, 2.75) is 6.54 Å². The Hall–Kier alpha value is -3.35. The highest BCUT2D eigenvalue weighted by Crippen LogP contribution is 2.25. The van der Waals surface area contributed by atoms with Gasteiger partial charge in [-0.3, -0.25) is 9.78 Å². The molecule has 1 aromatic carbocycles. The van der Waals surface area contributed by atoms with Crippen LogP contribution in [0.25, 0.3) is 11.5 Å². The van der Waals surface area contributed by atoms with Crippen LogP contribution in [-0.4, -0.2) is 29.6 Å². The number of hydrogen-bond acceptors (Lipinski definition) is 6. The Kier molecular flexibility index (Phi) is 5.26. The summed E-state index contributed by atoms with van der Waals surface area (Å²) in [6.07, 6.45) is 4.71. The Labute approximate surface area is 144 Å². The first-order valence-electron chi connectivity index (χ1n) is 7.64. The van der Waals surface area contributed by atoms with E-state index in [4.69, 9.17) is 13.9 Å². The Bertz CT molecular complexity index is 834. The minimum absolute atomic E-state index is 0.128. The van der Waals surface area contributed by atoms with Gasteiger partial charge in [0.15, 0.2) is 23.9 Å². The highest BCUT2D eigenvalue weighted by atomic mass is 16.5. The van der Waals surface area contributed by atoms with Crippen LogP contribution in [0, 0.1) is 0 Å². The smallest absolute Gasteiger partial charge is 0.258 e. The lowest BCUT2D eigenvalue weighted by atomic mass is 10.2. The molecule has 0 spiro atoms. The molecule has 128 valence electrons. The summed E-state index contributed by atoms with van der Waals surface area (Å²) in [4.78, 5) is 20.6. The van der Waals surface area contributed by atoms with E-state index >= 15 is 0 Å². The minimum atomic E-state index is -0.276. The lowest BCUT2D eigenvalue weighted by molar-refractivity contribution is -0.123. The van der Waals surface area contributed by atoms with Gasteiger partial charge in [-0.25, -0.2) is 4.98 Å². The standard InChI is InChI=1S/C18H17N3O4/c1-23-14-5-2-3-6-15(14)25-12-17(22)21-11-13-18(20-9-8-19-13)16-7-4-10-24-16/h2-10H,11-12H2,1H3,(H,21,22). The molecule has 1 N–H and O–H groups in total. The predicted molar refractivity (Wildman–Crippen MR) is 90.1 cm³/mol. The number of ether oxygens (including phenoxy) is 2. The van der Waals surface area contributed by atoms with E-state index in [2.05, 4.69) is 15.3 Å². The zero-order valence-electron chi connectivity index (χ0n) is 13.6. The molecule has 0 fully saturated rings. The number of rotatable bonds is 7. The predicted octanol–water partition coefficient (Wildman–Crippen LogP) is 2.44. The van der Waals surface area contributed by atoms with Crippen LogP contribution in [0.4, 0.5) is 0 Å². The first-order chi connectivity index (χ1) is 12.3. The maximum atomic E-state index is 12.0. The van der Waals surface area contributed by atoms with Gasteiger partial charge >= 0.3 is 0 Å². The molecule has 1 amide bonds. The Morgan fingerprint density at radius 3 is 2.68 bits per heavy atom. The van der Waals surface area contributed by atoms with E-state index in [0.717, 1.165) is 0 Å². The van der Waals surface area contributed by atoms with E-state index < -0.39 is 0 Å².